The second-order valence-electron chi connectivity index (χ2n) is 4.71. The Labute approximate surface area is 102 Å². The summed E-state index contributed by atoms with van der Waals surface area (Å²) in [5, 5.41) is 2.69. The van der Waals surface area contributed by atoms with Crippen LogP contribution in [-0.4, -0.2) is 31.6 Å². The van der Waals surface area contributed by atoms with Crippen LogP contribution in [0.1, 0.15) is 32.6 Å². The SMILES string of the molecule is COC(=O)[C@H](C)NC(=O)C1CCC(CN)CC1. The van der Waals surface area contributed by atoms with E-state index in [9.17, 15) is 9.59 Å². The summed E-state index contributed by atoms with van der Waals surface area (Å²) in [6.07, 6.45) is 3.73. The summed E-state index contributed by atoms with van der Waals surface area (Å²) in [6.45, 7) is 2.34. The third-order valence-electron chi connectivity index (χ3n) is 3.46. The lowest BCUT2D eigenvalue weighted by molar-refractivity contribution is -0.145. The monoisotopic (exact) mass is 242 g/mol. The van der Waals surface area contributed by atoms with E-state index in [4.69, 9.17) is 5.73 Å². The van der Waals surface area contributed by atoms with Crippen LogP contribution in [-0.2, 0) is 14.3 Å². The maximum Gasteiger partial charge on any atom is 0.328 e. The van der Waals surface area contributed by atoms with Crippen LogP contribution in [0.4, 0.5) is 0 Å². The molecule has 1 atom stereocenters. The molecule has 1 amide bonds. The Morgan fingerprint density at radius 1 is 1.35 bits per heavy atom. The Kier molecular flexibility index (Phi) is 5.41. The number of esters is 1. The van der Waals surface area contributed by atoms with Crippen molar-refractivity contribution >= 4 is 11.9 Å². The molecule has 0 radical (unpaired) electrons. The number of rotatable bonds is 4. The van der Waals surface area contributed by atoms with E-state index in [2.05, 4.69) is 10.1 Å². The number of ether oxygens (including phenoxy) is 1. The summed E-state index contributed by atoms with van der Waals surface area (Å²) in [4.78, 5) is 23.0. The third kappa shape index (κ3) is 4.00. The molecule has 0 spiro atoms. The van der Waals surface area contributed by atoms with Crippen LogP contribution < -0.4 is 11.1 Å². The lowest BCUT2D eigenvalue weighted by atomic mass is 9.81. The molecule has 0 saturated heterocycles. The van der Waals surface area contributed by atoms with E-state index in [0.29, 0.717) is 12.5 Å². The number of methoxy groups -OCH3 is 1. The first-order chi connectivity index (χ1) is 8.08. The van der Waals surface area contributed by atoms with E-state index < -0.39 is 12.0 Å². The van der Waals surface area contributed by atoms with Crippen LogP contribution in [0, 0.1) is 11.8 Å². The maximum absolute atomic E-state index is 11.9. The number of amides is 1. The lowest BCUT2D eigenvalue weighted by Crippen LogP contribution is -2.43. The first kappa shape index (κ1) is 14.0. The van der Waals surface area contributed by atoms with Gasteiger partial charge >= 0.3 is 5.97 Å². The van der Waals surface area contributed by atoms with Crippen LogP contribution in [0.15, 0.2) is 0 Å². The van der Waals surface area contributed by atoms with Gasteiger partial charge in [0.1, 0.15) is 6.04 Å². The fraction of sp³-hybridized carbons (Fsp3) is 0.833. The van der Waals surface area contributed by atoms with Gasteiger partial charge in [-0.2, -0.15) is 0 Å². The van der Waals surface area contributed by atoms with Gasteiger partial charge in [0.15, 0.2) is 0 Å². The molecule has 0 aliphatic heterocycles. The van der Waals surface area contributed by atoms with Crippen molar-refractivity contribution in [2.75, 3.05) is 13.7 Å². The Hall–Kier alpha value is -1.10. The summed E-state index contributed by atoms with van der Waals surface area (Å²) in [5.41, 5.74) is 5.60. The zero-order chi connectivity index (χ0) is 12.8. The summed E-state index contributed by atoms with van der Waals surface area (Å²) >= 11 is 0. The number of hydrogen-bond acceptors (Lipinski definition) is 4. The van der Waals surface area contributed by atoms with Crippen molar-refractivity contribution in [1.29, 1.82) is 0 Å². The molecule has 17 heavy (non-hydrogen) atoms. The van der Waals surface area contributed by atoms with Gasteiger partial charge in [-0.3, -0.25) is 4.79 Å². The first-order valence-electron chi connectivity index (χ1n) is 6.16. The highest BCUT2D eigenvalue weighted by Gasteiger charge is 2.27. The Morgan fingerprint density at radius 3 is 2.41 bits per heavy atom. The topological polar surface area (TPSA) is 81.4 Å². The molecule has 0 bridgehead atoms. The maximum atomic E-state index is 11.9. The number of carbonyl (C=O) groups is 2. The standard InChI is InChI=1S/C12H22N2O3/c1-8(12(16)17-2)14-11(15)10-5-3-9(7-13)4-6-10/h8-10H,3-7,13H2,1-2H3,(H,14,15)/t8-,9?,10?/m0/s1. The van der Waals surface area contributed by atoms with Crippen molar-refractivity contribution < 1.29 is 14.3 Å². The molecule has 3 N–H and O–H groups in total. The van der Waals surface area contributed by atoms with E-state index >= 15 is 0 Å². The van der Waals surface area contributed by atoms with E-state index in [-0.39, 0.29) is 11.8 Å². The normalized spacial score (nSPS) is 26.1. The van der Waals surface area contributed by atoms with E-state index in [1.807, 2.05) is 0 Å². The van der Waals surface area contributed by atoms with Gasteiger partial charge in [0.05, 0.1) is 7.11 Å². The Balaban J connectivity index is 2.36. The fourth-order valence-corrected chi connectivity index (χ4v) is 2.23. The average Bonchev–Trinajstić information content (AvgIpc) is 2.37. The highest BCUT2D eigenvalue weighted by Crippen LogP contribution is 2.28. The van der Waals surface area contributed by atoms with Gasteiger partial charge in [-0.25, -0.2) is 4.79 Å². The van der Waals surface area contributed by atoms with Gasteiger partial charge < -0.3 is 15.8 Å². The van der Waals surface area contributed by atoms with Crippen molar-refractivity contribution in [3.8, 4) is 0 Å². The molecule has 0 aromatic carbocycles. The summed E-state index contributed by atoms with van der Waals surface area (Å²) in [7, 11) is 1.32. The largest absolute Gasteiger partial charge is 0.467 e. The predicted octanol–water partition coefficient (Wildman–Crippen LogP) is 0.429. The van der Waals surface area contributed by atoms with Gasteiger partial charge in [0.2, 0.25) is 5.91 Å². The molecule has 0 aromatic rings. The number of carbonyl (C=O) groups excluding carboxylic acids is 2. The van der Waals surface area contributed by atoms with Crippen molar-refractivity contribution in [1.82, 2.24) is 5.32 Å². The predicted molar refractivity (Wildman–Crippen MR) is 64.1 cm³/mol. The molecule has 98 valence electrons. The van der Waals surface area contributed by atoms with Gasteiger partial charge in [0.25, 0.3) is 0 Å². The minimum Gasteiger partial charge on any atom is -0.467 e. The molecule has 1 aliphatic carbocycles. The third-order valence-corrected chi connectivity index (χ3v) is 3.46. The van der Waals surface area contributed by atoms with Gasteiger partial charge in [-0.15, -0.1) is 0 Å². The van der Waals surface area contributed by atoms with Crippen LogP contribution in [0.3, 0.4) is 0 Å². The first-order valence-corrected chi connectivity index (χ1v) is 6.16. The molecular formula is C12H22N2O3. The quantitative estimate of drug-likeness (QED) is 0.700. The van der Waals surface area contributed by atoms with Crippen LogP contribution in [0.25, 0.3) is 0 Å². The lowest BCUT2D eigenvalue weighted by Gasteiger charge is -2.27. The van der Waals surface area contributed by atoms with Crippen molar-refractivity contribution in [2.24, 2.45) is 17.6 Å². The zero-order valence-electron chi connectivity index (χ0n) is 10.6. The smallest absolute Gasteiger partial charge is 0.328 e. The summed E-state index contributed by atoms with van der Waals surface area (Å²) < 4.78 is 4.56. The van der Waals surface area contributed by atoms with Crippen LogP contribution in [0.5, 0.6) is 0 Å². The van der Waals surface area contributed by atoms with E-state index in [0.717, 1.165) is 25.7 Å². The second-order valence-corrected chi connectivity index (χ2v) is 4.71. The fourth-order valence-electron chi connectivity index (χ4n) is 2.23. The minimum absolute atomic E-state index is 0.0184. The van der Waals surface area contributed by atoms with Crippen LogP contribution >= 0.6 is 0 Å². The average molecular weight is 242 g/mol. The van der Waals surface area contributed by atoms with E-state index in [1.54, 1.807) is 6.92 Å². The van der Waals surface area contributed by atoms with Gasteiger partial charge in [0, 0.05) is 5.92 Å². The molecule has 0 unspecified atom stereocenters. The number of nitrogens with one attached hydrogen (secondary N) is 1. The molecule has 1 saturated carbocycles. The highest BCUT2D eigenvalue weighted by molar-refractivity contribution is 5.85. The summed E-state index contributed by atoms with van der Waals surface area (Å²) in [6, 6.07) is -0.570. The second kappa shape index (κ2) is 6.59. The van der Waals surface area contributed by atoms with Crippen molar-refractivity contribution in [2.45, 2.75) is 38.6 Å². The zero-order valence-corrected chi connectivity index (χ0v) is 10.6. The minimum atomic E-state index is -0.570. The molecule has 0 heterocycles. The van der Waals surface area contributed by atoms with E-state index in [1.165, 1.54) is 7.11 Å². The molecule has 1 fully saturated rings. The highest BCUT2D eigenvalue weighted by atomic mass is 16.5. The van der Waals surface area contributed by atoms with Crippen LogP contribution in [0.2, 0.25) is 0 Å². The van der Waals surface area contributed by atoms with Crippen molar-refractivity contribution in [3.05, 3.63) is 0 Å². The molecule has 5 nitrogen and oxygen atoms in total. The number of hydrogen-bond donors (Lipinski definition) is 2. The molecule has 5 heteroatoms. The Bertz CT molecular complexity index is 273. The molecular weight excluding hydrogens is 220 g/mol. The summed E-state index contributed by atoms with van der Waals surface area (Å²) in [5.74, 6) is 0.120. The molecule has 1 rings (SSSR count). The van der Waals surface area contributed by atoms with Crippen molar-refractivity contribution in [3.63, 3.8) is 0 Å². The molecule has 0 aromatic heterocycles. The van der Waals surface area contributed by atoms with Gasteiger partial charge in [-0.1, -0.05) is 0 Å². The molecule has 1 aliphatic rings. The Morgan fingerprint density at radius 2 is 1.94 bits per heavy atom. The van der Waals surface area contributed by atoms with Gasteiger partial charge in [-0.05, 0) is 45.1 Å². The number of nitrogens with two attached hydrogens (primary N) is 1.